The van der Waals surface area contributed by atoms with Crippen LogP contribution in [0.15, 0.2) is 56.8 Å². The van der Waals surface area contributed by atoms with Crippen LogP contribution >= 0.6 is 11.3 Å². The van der Waals surface area contributed by atoms with Gasteiger partial charge >= 0.3 is 5.97 Å². The van der Waals surface area contributed by atoms with E-state index in [-0.39, 0.29) is 113 Å². The molecule has 0 spiro atoms. The molecule has 33 nitrogen and oxygen atoms in total. The fourth-order valence-electron chi connectivity index (χ4n) is 9.57. The van der Waals surface area contributed by atoms with Crippen molar-refractivity contribution < 1.29 is 68.0 Å². The molecule has 4 heterocycles. The number of aliphatic imine (C=N–C) groups is 3. The average Bonchev–Trinajstić information content (AvgIpc) is 2.69. The predicted octanol–water partition coefficient (Wildman–Crippen LogP) is -7.23. The number of anilines is 1. The van der Waals surface area contributed by atoms with Crippen molar-refractivity contribution in [2.45, 2.75) is 119 Å². The second-order valence-corrected chi connectivity index (χ2v) is 21.2. The molecule has 9 amide bonds. The molecule has 85 heavy (non-hydrogen) atoms. The third-order valence-corrected chi connectivity index (χ3v) is 14.7. The van der Waals surface area contributed by atoms with Crippen molar-refractivity contribution in [3.63, 3.8) is 0 Å². The lowest BCUT2D eigenvalue weighted by Gasteiger charge is -2.33. The van der Waals surface area contributed by atoms with Crippen molar-refractivity contribution in [3.8, 4) is 5.75 Å². The first-order valence-corrected chi connectivity index (χ1v) is 28.2. The molecule has 3 aliphatic rings. The molecule has 1 aromatic carbocycles. The summed E-state index contributed by atoms with van der Waals surface area (Å²) in [6, 6.07) is -1.43. The Labute approximate surface area is 492 Å². The number of carbonyl (C=O) groups excluding carboxylic acids is 9. The minimum Gasteiger partial charge on any atom is -0.489 e. The van der Waals surface area contributed by atoms with Gasteiger partial charge in [0.1, 0.15) is 61.2 Å². The molecule has 3 aliphatic heterocycles. The van der Waals surface area contributed by atoms with Crippen LogP contribution < -0.4 is 81.7 Å². The molecule has 23 N–H and O–H groups in total. The Morgan fingerprint density at radius 3 is 1.96 bits per heavy atom. The molecular weight excluding hydrogens is 1130 g/mol. The highest BCUT2D eigenvalue weighted by Gasteiger charge is 2.47. The zero-order valence-electron chi connectivity index (χ0n) is 46.6. The number of likely N-dealkylation sites (tertiary alicyclic amines) is 2. The van der Waals surface area contributed by atoms with Crippen LogP contribution in [0.2, 0.25) is 0 Å². The van der Waals surface area contributed by atoms with Gasteiger partial charge in [-0.15, -0.1) is 11.3 Å². The number of nitrogens with one attached hydrogen (secondary N) is 6. The first kappa shape index (κ1) is 66.9. The fourth-order valence-corrected chi connectivity index (χ4v) is 10.3. The standard InChI is InChI=1S/C51H77N19O14S/c52-28(9-3-16-59-49(53)54)41(75)65-29(10-4-17-60-50(55)56)45(79)68-19-6-13-35(68)47(81)69-20-15-36(72)40(69)44(78)62-23-38(73)64-31(22-27-8-7-21-85-27)42(76)66-32(25-71)43(77)67-33-26-84-37-14-2-1-12-34(37)70(46(33)80)24-39(74)63-30(48(82)83)11-5-18-61-51(57)58/h1-2,7-8,12,14,21,28-33,35-36,40,71-72H,3-6,9-11,13,15-20,22-26,52H2,(H,62,78)(H,63,74)(H,64,73)(H,65,75)(H,66,76)(H,67,77)(H,82,83)(H4,53,54,59)(H4,55,56,60)(H4,57,58,61)/t28-,29+,30?,31+,32+,33+,35+,36-,40+/m1/s1. The smallest absolute Gasteiger partial charge is 0.326 e. The molecule has 9 atom stereocenters. The van der Waals surface area contributed by atoms with Crippen molar-refractivity contribution in [2.75, 3.05) is 63.9 Å². The van der Waals surface area contributed by atoms with Crippen LogP contribution in [0.3, 0.4) is 0 Å². The third kappa shape index (κ3) is 20.2. The normalized spacial score (nSPS) is 19.0. The number of amides is 9. The number of fused-ring (bicyclic) bond motifs is 1. The summed E-state index contributed by atoms with van der Waals surface area (Å²) in [6.45, 7) is -2.52. The molecule has 0 radical (unpaired) electrons. The molecule has 0 aliphatic carbocycles. The van der Waals surface area contributed by atoms with E-state index < -0.39 is 140 Å². The highest BCUT2D eigenvalue weighted by atomic mass is 32.1. The lowest BCUT2D eigenvalue weighted by Crippen LogP contribution is -2.60. The lowest BCUT2D eigenvalue weighted by atomic mass is 10.1. The maximum absolute atomic E-state index is 14.3. The summed E-state index contributed by atoms with van der Waals surface area (Å²) in [5.74, 6) is -9.26. The number of aliphatic carboxylic acids is 1. The number of carboxylic acids is 1. The van der Waals surface area contributed by atoms with Crippen LogP contribution in [0.1, 0.15) is 62.7 Å². The number of aliphatic hydroxyl groups excluding tert-OH is 2. The number of ether oxygens (including phenoxy) is 1. The average molecular weight is 1210 g/mol. The van der Waals surface area contributed by atoms with Gasteiger partial charge in [0.15, 0.2) is 17.9 Å². The van der Waals surface area contributed by atoms with Gasteiger partial charge in [0, 0.05) is 44.0 Å². The minimum atomic E-state index is -1.74. The second-order valence-electron chi connectivity index (χ2n) is 20.1. The Morgan fingerprint density at radius 2 is 1.34 bits per heavy atom. The van der Waals surface area contributed by atoms with Crippen molar-refractivity contribution in [3.05, 3.63) is 46.7 Å². The number of thiophene rings is 1. The van der Waals surface area contributed by atoms with Crippen LogP contribution in [-0.2, 0) is 54.4 Å². The number of para-hydroxylation sites is 2. The van der Waals surface area contributed by atoms with Gasteiger partial charge in [-0.25, -0.2) is 4.79 Å². The maximum atomic E-state index is 14.3. The first-order valence-electron chi connectivity index (χ1n) is 27.4. The van der Waals surface area contributed by atoms with Gasteiger partial charge in [-0.05, 0) is 81.4 Å². The van der Waals surface area contributed by atoms with Gasteiger partial charge in [-0.1, -0.05) is 18.2 Å². The topological polar surface area (TPSA) is 542 Å². The zero-order valence-corrected chi connectivity index (χ0v) is 47.5. The molecule has 1 aromatic heterocycles. The quantitative estimate of drug-likeness (QED) is 0.0189. The Kier molecular flexibility index (Phi) is 25.8. The van der Waals surface area contributed by atoms with Crippen LogP contribution in [0.25, 0.3) is 0 Å². The van der Waals surface area contributed by atoms with Gasteiger partial charge in [-0.3, -0.25) is 63.0 Å². The SMILES string of the molecule is NC(N)=NCCCC(NC(=O)CN1C(=O)[C@@H](NC(=O)[C@H](CO)NC(=O)[C@H](Cc2cccs2)NC(=O)CNC(=O)[C@@H]2[C@H](O)CCN2C(=O)[C@@H]2CCCN2C(=O)[C@H](CCCN=C(N)N)NC(=O)[C@H](N)CCCN=C(N)N)COc2ccccc21)C(=O)O. The molecule has 2 fully saturated rings. The van der Waals surface area contributed by atoms with Gasteiger partial charge in [0.25, 0.3) is 5.91 Å². The van der Waals surface area contributed by atoms with E-state index >= 15 is 0 Å². The maximum Gasteiger partial charge on any atom is 0.326 e. The van der Waals surface area contributed by atoms with E-state index in [9.17, 15) is 63.3 Å². The minimum absolute atomic E-state index is 0.0334. The number of benzene rings is 1. The molecule has 0 saturated carbocycles. The Hall–Kier alpha value is -8.89. The van der Waals surface area contributed by atoms with E-state index in [2.05, 4.69) is 46.9 Å². The summed E-state index contributed by atoms with van der Waals surface area (Å²) in [7, 11) is 0. The number of rotatable bonds is 31. The summed E-state index contributed by atoms with van der Waals surface area (Å²) < 4.78 is 5.83. The molecule has 2 saturated heterocycles. The fraction of sp³-hybridized carbons (Fsp3) is 0.549. The monoisotopic (exact) mass is 1210 g/mol. The van der Waals surface area contributed by atoms with E-state index in [0.29, 0.717) is 17.7 Å². The molecule has 1 unspecified atom stereocenters. The van der Waals surface area contributed by atoms with Crippen molar-refractivity contribution in [2.24, 2.45) is 55.1 Å². The lowest BCUT2D eigenvalue weighted by molar-refractivity contribution is -0.149. The number of aliphatic hydroxyl groups is 2. The van der Waals surface area contributed by atoms with Crippen LogP contribution in [0, 0.1) is 0 Å². The largest absolute Gasteiger partial charge is 0.489 e. The highest BCUT2D eigenvalue weighted by molar-refractivity contribution is 7.09. The number of carbonyl (C=O) groups is 10. The van der Waals surface area contributed by atoms with E-state index in [1.165, 1.54) is 28.4 Å². The molecular formula is C51H77N19O14S. The summed E-state index contributed by atoms with van der Waals surface area (Å²) in [5, 5.41) is 47.8. The summed E-state index contributed by atoms with van der Waals surface area (Å²) in [5.41, 5.74) is 38.6. The van der Waals surface area contributed by atoms with Crippen LogP contribution in [-0.4, -0.2) is 216 Å². The van der Waals surface area contributed by atoms with Crippen molar-refractivity contribution in [1.29, 1.82) is 0 Å². The third-order valence-electron chi connectivity index (χ3n) is 13.8. The van der Waals surface area contributed by atoms with E-state index in [1.54, 1.807) is 29.6 Å². The number of hydrogen-bond acceptors (Lipinski definition) is 18. The zero-order chi connectivity index (χ0) is 62.3. The van der Waals surface area contributed by atoms with E-state index in [0.717, 1.165) is 9.80 Å². The molecule has 34 heteroatoms. The molecule has 5 rings (SSSR count). The number of guanidine groups is 3. The van der Waals surface area contributed by atoms with E-state index in [1.807, 2.05) is 0 Å². The first-order chi connectivity index (χ1) is 40.5. The van der Waals surface area contributed by atoms with Gasteiger partial charge in [0.2, 0.25) is 47.3 Å². The number of nitrogens with two attached hydrogens (primary N) is 7. The van der Waals surface area contributed by atoms with Crippen LogP contribution in [0.4, 0.5) is 5.69 Å². The Bertz CT molecular complexity index is 2780. The van der Waals surface area contributed by atoms with Crippen LogP contribution in [0.5, 0.6) is 5.75 Å². The van der Waals surface area contributed by atoms with Gasteiger partial charge < -0.3 is 102 Å². The number of carboxylic acid groups (broad SMARTS) is 1. The summed E-state index contributed by atoms with van der Waals surface area (Å²) in [6.07, 6.45) is 0.00464. The summed E-state index contributed by atoms with van der Waals surface area (Å²) >= 11 is 1.23. The molecule has 466 valence electrons. The van der Waals surface area contributed by atoms with Crippen molar-refractivity contribution >= 4 is 94.0 Å². The van der Waals surface area contributed by atoms with E-state index in [4.69, 9.17) is 44.9 Å². The Morgan fingerprint density at radius 1 is 0.718 bits per heavy atom. The predicted molar refractivity (Wildman–Crippen MR) is 308 cm³/mol. The number of nitrogens with zero attached hydrogens (tertiary/aromatic N) is 6. The molecule has 0 bridgehead atoms. The van der Waals surface area contributed by atoms with Gasteiger partial charge in [-0.2, -0.15) is 0 Å². The molecule has 2 aromatic rings. The summed E-state index contributed by atoms with van der Waals surface area (Å²) in [4.78, 5) is 152. The number of hydrogen-bond donors (Lipinski definition) is 16. The van der Waals surface area contributed by atoms with Gasteiger partial charge in [0.05, 0.1) is 31.0 Å². The second kappa shape index (κ2) is 32.8. The van der Waals surface area contributed by atoms with Crippen molar-refractivity contribution in [1.82, 2.24) is 41.7 Å². The Balaban J connectivity index is 1.22. The highest BCUT2D eigenvalue weighted by Crippen LogP contribution is 2.31.